The van der Waals surface area contributed by atoms with Gasteiger partial charge in [-0.25, -0.2) is 4.79 Å². The van der Waals surface area contributed by atoms with Crippen LogP contribution in [0, 0.1) is 10.1 Å². The van der Waals surface area contributed by atoms with E-state index in [1.54, 1.807) is 31.2 Å². The van der Waals surface area contributed by atoms with Crippen LogP contribution in [0.15, 0.2) is 48.5 Å². The Kier molecular flexibility index (Phi) is 6.32. The van der Waals surface area contributed by atoms with E-state index in [9.17, 15) is 20.0 Å². The average molecular weight is 365 g/mol. The number of nitro groups is 1. The normalized spacial score (nSPS) is 12.9. The van der Waals surface area contributed by atoms with Crippen molar-refractivity contribution >= 4 is 28.9 Å². The second kappa shape index (κ2) is 8.46. The lowest BCUT2D eigenvalue weighted by molar-refractivity contribution is -0.384. The van der Waals surface area contributed by atoms with E-state index in [0.29, 0.717) is 16.3 Å². The third kappa shape index (κ3) is 4.91. The monoisotopic (exact) mass is 364 g/mol. The summed E-state index contributed by atoms with van der Waals surface area (Å²) in [5, 5.41) is 24.7. The fourth-order valence-electron chi connectivity index (χ4n) is 2.24. The number of carbonyl (C=O) groups is 1. The predicted molar refractivity (Wildman–Crippen MR) is 93.6 cm³/mol. The van der Waals surface area contributed by atoms with Gasteiger partial charge in [0.2, 0.25) is 0 Å². The molecular formula is C17H17ClN2O5. The summed E-state index contributed by atoms with van der Waals surface area (Å²) in [7, 11) is 0. The molecule has 2 unspecified atom stereocenters. The number of benzene rings is 2. The topological polar surface area (TPSA) is 102 Å². The first-order valence-corrected chi connectivity index (χ1v) is 7.91. The van der Waals surface area contributed by atoms with E-state index in [1.807, 2.05) is 0 Å². The second-order valence-corrected chi connectivity index (χ2v) is 5.61. The summed E-state index contributed by atoms with van der Waals surface area (Å²) in [5.41, 5.74) is 1.04. The number of aliphatic hydroxyl groups is 1. The Labute approximate surface area is 149 Å². The molecule has 0 fully saturated rings. The number of nitrogens with one attached hydrogen (secondary N) is 1. The van der Waals surface area contributed by atoms with Gasteiger partial charge in [0.05, 0.1) is 17.6 Å². The highest BCUT2D eigenvalue weighted by molar-refractivity contribution is 6.30. The van der Waals surface area contributed by atoms with Crippen LogP contribution in [-0.2, 0) is 9.53 Å². The quantitative estimate of drug-likeness (QED) is 0.444. The Morgan fingerprint density at radius 1 is 1.24 bits per heavy atom. The molecule has 8 heteroatoms. The summed E-state index contributed by atoms with van der Waals surface area (Å²) in [6.45, 7) is 1.77. The summed E-state index contributed by atoms with van der Waals surface area (Å²) in [6, 6.07) is 11.4. The zero-order valence-electron chi connectivity index (χ0n) is 13.4. The molecule has 0 aliphatic heterocycles. The molecule has 0 radical (unpaired) electrons. The third-order valence-electron chi connectivity index (χ3n) is 3.47. The molecule has 2 aromatic rings. The molecule has 0 aliphatic rings. The van der Waals surface area contributed by atoms with Crippen LogP contribution >= 0.6 is 11.6 Å². The molecular weight excluding hydrogens is 348 g/mol. The third-order valence-corrected chi connectivity index (χ3v) is 3.73. The van der Waals surface area contributed by atoms with Gasteiger partial charge in [0.15, 0.2) is 6.10 Å². The summed E-state index contributed by atoms with van der Waals surface area (Å²) >= 11 is 5.85. The number of hydrogen-bond acceptors (Lipinski definition) is 6. The van der Waals surface area contributed by atoms with Crippen molar-refractivity contribution in [3.05, 3.63) is 69.2 Å². The van der Waals surface area contributed by atoms with Gasteiger partial charge in [-0.3, -0.25) is 10.1 Å². The minimum atomic E-state index is -1.49. The van der Waals surface area contributed by atoms with Crippen molar-refractivity contribution in [3.8, 4) is 0 Å². The molecule has 0 spiro atoms. The van der Waals surface area contributed by atoms with Crippen molar-refractivity contribution in [1.29, 1.82) is 0 Å². The lowest BCUT2D eigenvalue weighted by atomic mass is 10.0. The van der Waals surface area contributed by atoms with Gasteiger partial charge in [-0.1, -0.05) is 23.7 Å². The van der Waals surface area contributed by atoms with Crippen molar-refractivity contribution < 1.29 is 19.6 Å². The summed E-state index contributed by atoms with van der Waals surface area (Å²) in [6.07, 6.45) is -1.49. The van der Waals surface area contributed by atoms with Crippen LogP contribution in [0.2, 0.25) is 5.02 Å². The number of carbonyl (C=O) groups excluding carboxylic acids is 1. The van der Waals surface area contributed by atoms with Crippen LogP contribution in [0.4, 0.5) is 11.4 Å². The number of hydrogen-bond donors (Lipinski definition) is 2. The minimum Gasteiger partial charge on any atom is -0.464 e. The van der Waals surface area contributed by atoms with E-state index >= 15 is 0 Å². The maximum atomic E-state index is 11.9. The molecule has 25 heavy (non-hydrogen) atoms. The standard InChI is InChI=1S/C17H17ClN2O5/c1-2-25-17(22)16(21)15(19-13-7-5-12(18)6-8-13)11-3-9-14(10-4-11)20(23)24/h3-10,15-16,19,21H,2H2,1H3. The van der Waals surface area contributed by atoms with Gasteiger partial charge >= 0.3 is 5.97 Å². The number of ether oxygens (including phenoxy) is 1. The molecule has 2 aromatic carbocycles. The van der Waals surface area contributed by atoms with Crippen molar-refractivity contribution in [1.82, 2.24) is 0 Å². The van der Waals surface area contributed by atoms with Crippen molar-refractivity contribution in [2.75, 3.05) is 11.9 Å². The van der Waals surface area contributed by atoms with Gasteiger partial charge in [0.25, 0.3) is 5.69 Å². The Morgan fingerprint density at radius 3 is 2.36 bits per heavy atom. The second-order valence-electron chi connectivity index (χ2n) is 5.17. The maximum absolute atomic E-state index is 11.9. The zero-order valence-corrected chi connectivity index (χ0v) is 14.1. The molecule has 132 valence electrons. The largest absolute Gasteiger partial charge is 0.464 e. The Hall–Kier alpha value is -2.64. The van der Waals surface area contributed by atoms with E-state index in [2.05, 4.69) is 5.32 Å². The van der Waals surface area contributed by atoms with Gasteiger partial charge in [0.1, 0.15) is 0 Å². The highest BCUT2D eigenvalue weighted by Crippen LogP contribution is 2.26. The molecule has 2 N–H and O–H groups in total. The first-order valence-electron chi connectivity index (χ1n) is 7.53. The van der Waals surface area contributed by atoms with Crippen LogP contribution in [0.3, 0.4) is 0 Å². The first kappa shape index (κ1) is 18.7. The fraction of sp³-hybridized carbons (Fsp3) is 0.235. The molecule has 0 aliphatic carbocycles. The van der Waals surface area contributed by atoms with Crippen molar-refractivity contribution in [2.45, 2.75) is 19.1 Å². The van der Waals surface area contributed by atoms with Gasteiger partial charge in [-0.05, 0) is 36.8 Å². The minimum absolute atomic E-state index is 0.0837. The lowest BCUT2D eigenvalue weighted by Crippen LogP contribution is -2.34. The molecule has 0 heterocycles. The van der Waals surface area contributed by atoms with Crippen LogP contribution < -0.4 is 5.32 Å². The van der Waals surface area contributed by atoms with E-state index in [1.165, 1.54) is 24.3 Å². The number of halogens is 1. The number of nitro benzene ring substituents is 1. The van der Waals surface area contributed by atoms with Crippen LogP contribution in [-0.4, -0.2) is 28.7 Å². The SMILES string of the molecule is CCOC(=O)C(O)C(Nc1ccc(Cl)cc1)c1ccc([N+](=O)[O-])cc1. The molecule has 0 saturated heterocycles. The summed E-state index contributed by atoms with van der Waals surface area (Å²) < 4.78 is 4.87. The number of non-ortho nitro benzene ring substituents is 1. The van der Waals surface area contributed by atoms with Gasteiger partial charge in [0, 0.05) is 22.8 Å². The van der Waals surface area contributed by atoms with Crippen molar-refractivity contribution in [3.63, 3.8) is 0 Å². The molecule has 0 aromatic heterocycles. The Balaban J connectivity index is 2.31. The van der Waals surface area contributed by atoms with Gasteiger partial charge in [-0.2, -0.15) is 0 Å². The molecule has 2 rings (SSSR count). The Morgan fingerprint density at radius 2 is 1.84 bits per heavy atom. The van der Waals surface area contributed by atoms with E-state index in [4.69, 9.17) is 16.3 Å². The number of nitrogens with zero attached hydrogens (tertiary/aromatic N) is 1. The molecule has 0 saturated carbocycles. The highest BCUT2D eigenvalue weighted by Gasteiger charge is 2.29. The van der Waals surface area contributed by atoms with E-state index in [-0.39, 0.29) is 12.3 Å². The summed E-state index contributed by atoms with van der Waals surface area (Å²) in [5.74, 6) is -0.785. The number of aliphatic hydroxyl groups excluding tert-OH is 1. The van der Waals surface area contributed by atoms with E-state index < -0.39 is 23.0 Å². The number of esters is 1. The lowest BCUT2D eigenvalue weighted by Gasteiger charge is -2.24. The first-order chi connectivity index (χ1) is 11.9. The Bertz CT molecular complexity index is 734. The average Bonchev–Trinajstić information content (AvgIpc) is 2.61. The van der Waals surface area contributed by atoms with Crippen LogP contribution in [0.1, 0.15) is 18.5 Å². The van der Waals surface area contributed by atoms with Crippen LogP contribution in [0.25, 0.3) is 0 Å². The predicted octanol–water partition coefficient (Wildman–Crippen LogP) is 3.33. The number of anilines is 1. The van der Waals surface area contributed by atoms with Crippen LogP contribution in [0.5, 0.6) is 0 Å². The van der Waals surface area contributed by atoms with Gasteiger partial charge < -0.3 is 15.2 Å². The maximum Gasteiger partial charge on any atom is 0.337 e. The molecule has 0 bridgehead atoms. The molecule has 2 atom stereocenters. The number of rotatable bonds is 7. The van der Waals surface area contributed by atoms with Gasteiger partial charge in [-0.15, -0.1) is 0 Å². The van der Waals surface area contributed by atoms with Crippen molar-refractivity contribution in [2.24, 2.45) is 0 Å². The zero-order chi connectivity index (χ0) is 18.4. The fourth-order valence-corrected chi connectivity index (χ4v) is 2.36. The molecule has 7 nitrogen and oxygen atoms in total. The smallest absolute Gasteiger partial charge is 0.337 e. The summed E-state index contributed by atoms with van der Waals surface area (Å²) in [4.78, 5) is 22.2. The van der Waals surface area contributed by atoms with E-state index in [0.717, 1.165) is 0 Å². The highest BCUT2D eigenvalue weighted by atomic mass is 35.5. The molecule has 0 amide bonds.